The molecule has 208 valence electrons. The number of primary amides is 1. The number of piperazine rings is 1. The van der Waals surface area contributed by atoms with Crippen molar-refractivity contribution in [3.05, 3.63) is 83.4 Å². The van der Waals surface area contributed by atoms with E-state index in [1.165, 1.54) is 13.2 Å². The molecule has 1 fully saturated rings. The Balaban J connectivity index is 1.30. The average molecular weight is 553 g/mol. The Morgan fingerprint density at radius 2 is 1.85 bits per heavy atom. The zero-order valence-corrected chi connectivity index (χ0v) is 22.4. The van der Waals surface area contributed by atoms with Crippen molar-refractivity contribution >= 4 is 28.3 Å². The van der Waals surface area contributed by atoms with Gasteiger partial charge >= 0.3 is 0 Å². The molecule has 0 unspecified atom stereocenters. The van der Waals surface area contributed by atoms with Crippen LogP contribution in [0.1, 0.15) is 21.5 Å². The number of H-pyrrole nitrogens is 1. The summed E-state index contributed by atoms with van der Waals surface area (Å²) in [4.78, 5) is 23.6. The molecular formula is C30H29FN8O2. The quantitative estimate of drug-likeness (QED) is 0.240. The molecule has 10 nitrogen and oxygen atoms in total. The first-order valence-corrected chi connectivity index (χ1v) is 13.2. The van der Waals surface area contributed by atoms with Gasteiger partial charge in [-0.25, -0.2) is 4.39 Å². The molecule has 11 heteroatoms. The van der Waals surface area contributed by atoms with Crippen LogP contribution in [0.4, 0.5) is 15.9 Å². The molecule has 6 N–H and O–H groups in total. The maximum Gasteiger partial charge on any atom is 0.252 e. The lowest BCUT2D eigenvalue weighted by Gasteiger charge is -2.29. The molecule has 6 rings (SSSR count). The standard InChI is InChI=1S/C30H29FN8O2/c1-41-28-19(13-20(31)14-22(28)30(33)40)12-17-2-4-18(5-3-17)26-25-27(37-38-29(25)32)23(16-36-26)24-7-6-21(15-35-24)39-10-8-34-9-11-39/h2-7,13-16,34H,8-12H2,1H3,(H2,33,40)(H3,32,37,38). The van der Waals surface area contributed by atoms with Crippen LogP contribution < -0.4 is 26.4 Å². The van der Waals surface area contributed by atoms with Gasteiger partial charge in [0.2, 0.25) is 0 Å². The number of benzene rings is 2. The molecule has 1 aliphatic rings. The zero-order chi connectivity index (χ0) is 28.5. The minimum atomic E-state index is -0.750. The van der Waals surface area contributed by atoms with Gasteiger partial charge in [-0.1, -0.05) is 24.3 Å². The van der Waals surface area contributed by atoms with Crippen LogP contribution in [0.15, 0.2) is 60.9 Å². The van der Waals surface area contributed by atoms with Crippen LogP contribution in [0, 0.1) is 5.82 Å². The summed E-state index contributed by atoms with van der Waals surface area (Å²) >= 11 is 0. The number of hydrogen-bond donors (Lipinski definition) is 4. The van der Waals surface area contributed by atoms with Crippen molar-refractivity contribution in [2.45, 2.75) is 6.42 Å². The molecular weight excluding hydrogens is 523 g/mol. The molecule has 0 aliphatic carbocycles. The number of fused-ring (bicyclic) bond motifs is 1. The number of aromatic nitrogens is 4. The summed E-state index contributed by atoms with van der Waals surface area (Å²) in [5.41, 5.74) is 18.1. The number of rotatable bonds is 7. The van der Waals surface area contributed by atoms with E-state index in [-0.39, 0.29) is 11.3 Å². The Labute approximate surface area is 235 Å². The molecule has 5 aromatic rings. The Hall–Kier alpha value is -5.03. The molecule has 2 aromatic carbocycles. The molecule has 0 saturated carbocycles. The van der Waals surface area contributed by atoms with Crippen LogP contribution in [0.5, 0.6) is 5.75 Å². The Morgan fingerprint density at radius 3 is 2.54 bits per heavy atom. The molecule has 4 heterocycles. The lowest BCUT2D eigenvalue weighted by molar-refractivity contribution is 0.0996. The first-order chi connectivity index (χ1) is 19.9. The summed E-state index contributed by atoms with van der Waals surface area (Å²) in [6.45, 7) is 3.80. The summed E-state index contributed by atoms with van der Waals surface area (Å²) in [5, 5.41) is 11.4. The van der Waals surface area contributed by atoms with E-state index in [9.17, 15) is 9.18 Å². The van der Waals surface area contributed by atoms with E-state index in [1.807, 2.05) is 36.5 Å². The number of nitrogens with two attached hydrogens (primary N) is 2. The number of anilines is 2. The second-order valence-electron chi connectivity index (χ2n) is 9.90. The number of nitrogens with one attached hydrogen (secondary N) is 2. The van der Waals surface area contributed by atoms with Crippen molar-refractivity contribution in [2.75, 3.05) is 43.9 Å². The Kier molecular flexibility index (Phi) is 6.94. The maximum absolute atomic E-state index is 14.2. The van der Waals surface area contributed by atoms with Gasteiger partial charge in [-0.2, -0.15) is 5.10 Å². The highest BCUT2D eigenvalue weighted by Gasteiger charge is 2.19. The second kappa shape index (κ2) is 10.9. The van der Waals surface area contributed by atoms with E-state index in [4.69, 9.17) is 26.2 Å². The average Bonchev–Trinajstić information content (AvgIpc) is 3.39. The predicted octanol–water partition coefficient (Wildman–Crippen LogP) is 3.52. The van der Waals surface area contributed by atoms with Gasteiger partial charge in [-0.15, -0.1) is 0 Å². The molecule has 0 bridgehead atoms. The molecule has 1 aliphatic heterocycles. The third-order valence-electron chi connectivity index (χ3n) is 7.35. The van der Waals surface area contributed by atoms with E-state index >= 15 is 0 Å². The third-order valence-corrected chi connectivity index (χ3v) is 7.35. The first kappa shape index (κ1) is 26.2. The number of carbonyl (C=O) groups excluding carboxylic acids is 1. The van der Waals surface area contributed by atoms with Crippen molar-refractivity contribution in [3.63, 3.8) is 0 Å². The van der Waals surface area contributed by atoms with Gasteiger partial charge in [0.05, 0.1) is 46.8 Å². The lowest BCUT2D eigenvalue weighted by atomic mass is 9.98. The molecule has 1 amide bonds. The van der Waals surface area contributed by atoms with Crippen LogP contribution >= 0.6 is 0 Å². The van der Waals surface area contributed by atoms with E-state index in [0.717, 1.165) is 65.8 Å². The fraction of sp³-hybridized carbons (Fsp3) is 0.200. The largest absolute Gasteiger partial charge is 0.496 e. The summed E-state index contributed by atoms with van der Waals surface area (Å²) in [7, 11) is 1.43. The minimum Gasteiger partial charge on any atom is -0.496 e. The van der Waals surface area contributed by atoms with E-state index in [0.29, 0.717) is 28.9 Å². The Morgan fingerprint density at radius 1 is 1.07 bits per heavy atom. The molecule has 41 heavy (non-hydrogen) atoms. The fourth-order valence-electron chi connectivity index (χ4n) is 5.32. The minimum absolute atomic E-state index is 0.00848. The highest BCUT2D eigenvalue weighted by molar-refractivity contribution is 6.05. The fourth-order valence-corrected chi connectivity index (χ4v) is 5.32. The first-order valence-electron chi connectivity index (χ1n) is 13.2. The maximum atomic E-state index is 14.2. The highest BCUT2D eigenvalue weighted by atomic mass is 19.1. The van der Waals surface area contributed by atoms with E-state index in [2.05, 4.69) is 26.5 Å². The molecule has 0 radical (unpaired) electrons. The van der Waals surface area contributed by atoms with Crippen molar-refractivity contribution in [1.29, 1.82) is 0 Å². The number of nitrogen functional groups attached to an aromatic ring is 1. The second-order valence-corrected chi connectivity index (χ2v) is 9.90. The molecule has 0 atom stereocenters. The molecule has 0 spiro atoms. The number of methoxy groups -OCH3 is 1. The molecule has 1 saturated heterocycles. The number of carbonyl (C=O) groups is 1. The monoisotopic (exact) mass is 552 g/mol. The molecule has 3 aromatic heterocycles. The van der Waals surface area contributed by atoms with Crippen molar-refractivity contribution in [3.8, 4) is 28.3 Å². The number of aromatic amines is 1. The predicted molar refractivity (Wildman–Crippen MR) is 156 cm³/mol. The van der Waals surface area contributed by atoms with Crippen molar-refractivity contribution in [1.82, 2.24) is 25.5 Å². The van der Waals surface area contributed by atoms with Gasteiger partial charge in [-0.3, -0.25) is 19.9 Å². The summed E-state index contributed by atoms with van der Waals surface area (Å²) in [6, 6.07) is 14.2. The van der Waals surface area contributed by atoms with Crippen molar-refractivity contribution in [2.24, 2.45) is 5.73 Å². The number of halogens is 1. The van der Waals surface area contributed by atoms with Crippen LogP contribution in [0.3, 0.4) is 0 Å². The van der Waals surface area contributed by atoms with Crippen LogP contribution in [-0.4, -0.2) is 59.4 Å². The van der Waals surface area contributed by atoms with Gasteiger partial charge in [0.1, 0.15) is 11.6 Å². The van der Waals surface area contributed by atoms with Gasteiger partial charge in [0.25, 0.3) is 5.91 Å². The smallest absolute Gasteiger partial charge is 0.252 e. The number of pyridine rings is 2. The van der Waals surface area contributed by atoms with E-state index < -0.39 is 11.7 Å². The van der Waals surface area contributed by atoms with E-state index in [1.54, 1.807) is 6.20 Å². The van der Waals surface area contributed by atoms with Crippen LogP contribution in [0.2, 0.25) is 0 Å². The van der Waals surface area contributed by atoms with Crippen molar-refractivity contribution < 1.29 is 13.9 Å². The number of nitrogens with zero attached hydrogens (tertiary/aromatic N) is 4. The SMILES string of the molecule is COc1c(Cc2ccc(-c3ncc(-c4ccc(N5CCNCC5)cn4)c4[nH]nc(N)c34)cc2)cc(F)cc1C(N)=O. The van der Waals surface area contributed by atoms with Gasteiger partial charge in [0, 0.05) is 55.5 Å². The summed E-state index contributed by atoms with van der Waals surface area (Å²) < 4.78 is 19.6. The number of ether oxygens (including phenoxy) is 1. The summed E-state index contributed by atoms with van der Waals surface area (Å²) in [5.74, 6) is -0.696. The lowest BCUT2D eigenvalue weighted by Crippen LogP contribution is -2.43. The highest BCUT2D eigenvalue weighted by Crippen LogP contribution is 2.36. The van der Waals surface area contributed by atoms with Crippen LogP contribution in [0.25, 0.3) is 33.4 Å². The number of hydrogen-bond acceptors (Lipinski definition) is 8. The zero-order valence-electron chi connectivity index (χ0n) is 22.4. The van der Waals surface area contributed by atoms with Gasteiger partial charge in [-0.05, 0) is 29.8 Å². The topological polar surface area (TPSA) is 148 Å². The third kappa shape index (κ3) is 5.03. The van der Waals surface area contributed by atoms with Gasteiger partial charge in [0.15, 0.2) is 5.82 Å². The Bertz CT molecular complexity index is 1730. The van der Waals surface area contributed by atoms with Crippen LogP contribution in [-0.2, 0) is 6.42 Å². The normalized spacial score (nSPS) is 13.5. The summed E-state index contributed by atoms with van der Waals surface area (Å²) in [6.07, 6.45) is 4.00. The van der Waals surface area contributed by atoms with Gasteiger partial charge < -0.3 is 26.4 Å². The number of amides is 1.